The molecule has 28 heavy (non-hydrogen) atoms. The molecular formula is C23H22N2O3. The molecule has 0 aromatic heterocycles. The van der Waals surface area contributed by atoms with Gasteiger partial charge in [0.2, 0.25) is 5.91 Å². The summed E-state index contributed by atoms with van der Waals surface area (Å²) in [6.07, 6.45) is 0.193. The van der Waals surface area contributed by atoms with E-state index in [9.17, 15) is 9.59 Å². The van der Waals surface area contributed by atoms with Crippen LogP contribution in [0.1, 0.15) is 12.0 Å². The van der Waals surface area contributed by atoms with Crippen LogP contribution in [-0.2, 0) is 16.1 Å². The van der Waals surface area contributed by atoms with Gasteiger partial charge in [-0.25, -0.2) is 4.90 Å². The number of amides is 2. The summed E-state index contributed by atoms with van der Waals surface area (Å²) in [6.45, 7) is 0.583. The number of hydrogen-bond acceptors (Lipinski definition) is 4. The highest BCUT2D eigenvalue weighted by Gasteiger charge is 2.41. The van der Waals surface area contributed by atoms with Crippen LogP contribution in [0, 0.1) is 0 Å². The van der Waals surface area contributed by atoms with E-state index in [2.05, 4.69) is 0 Å². The molecular weight excluding hydrogens is 352 g/mol. The van der Waals surface area contributed by atoms with Crippen LogP contribution >= 0.6 is 0 Å². The highest BCUT2D eigenvalue weighted by molar-refractivity contribution is 6.22. The minimum absolute atomic E-state index is 0.160. The molecule has 142 valence electrons. The van der Waals surface area contributed by atoms with Gasteiger partial charge in [-0.1, -0.05) is 42.5 Å². The van der Waals surface area contributed by atoms with E-state index in [-0.39, 0.29) is 18.2 Å². The minimum atomic E-state index is -0.457. The molecule has 0 N–H and O–H groups in total. The number of rotatable bonds is 5. The van der Waals surface area contributed by atoms with Gasteiger partial charge in [-0.05, 0) is 47.6 Å². The molecule has 4 rings (SSSR count). The number of hydrogen-bond donors (Lipinski definition) is 0. The van der Waals surface area contributed by atoms with Crippen LogP contribution in [0.3, 0.4) is 0 Å². The van der Waals surface area contributed by atoms with Crippen molar-refractivity contribution >= 4 is 28.3 Å². The average Bonchev–Trinajstić information content (AvgIpc) is 3.02. The molecule has 5 heteroatoms. The maximum Gasteiger partial charge on any atom is 0.251 e. The van der Waals surface area contributed by atoms with Crippen molar-refractivity contribution in [3.8, 4) is 5.75 Å². The number of nitrogens with zero attached hydrogens (tertiary/aromatic N) is 2. The van der Waals surface area contributed by atoms with Crippen molar-refractivity contribution in [1.29, 1.82) is 0 Å². The van der Waals surface area contributed by atoms with Crippen LogP contribution < -0.4 is 9.64 Å². The lowest BCUT2D eigenvalue weighted by Crippen LogP contribution is -2.39. The van der Waals surface area contributed by atoms with Crippen LogP contribution in [0.25, 0.3) is 10.8 Å². The van der Waals surface area contributed by atoms with Crippen molar-refractivity contribution in [2.45, 2.75) is 19.0 Å². The van der Waals surface area contributed by atoms with Gasteiger partial charge in [0.05, 0.1) is 25.3 Å². The molecule has 1 saturated heterocycles. The van der Waals surface area contributed by atoms with Gasteiger partial charge in [-0.15, -0.1) is 0 Å². The van der Waals surface area contributed by atoms with Gasteiger partial charge >= 0.3 is 0 Å². The van der Waals surface area contributed by atoms with Crippen LogP contribution in [0.15, 0.2) is 66.7 Å². The van der Waals surface area contributed by atoms with Crippen molar-refractivity contribution in [2.75, 3.05) is 19.1 Å². The first kappa shape index (κ1) is 18.2. The Kier molecular flexibility index (Phi) is 4.84. The fourth-order valence-corrected chi connectivity index (χ4v) is 3.68. The predicted octanol–water partition coefficient (Wildman–Crippen LogP) is 3.61. The quantitative estimate of drug-likeness (QED) is 0.640. The second-order valence-corrected chi connectivity index (χ2v) is 7.08. The van der Waals surface area contributed by atoms with E-state index in [0.29, 0.717) is 12.2 Å². The third-order valence-corrected chi connectivity index (χ3v) is 5.24. The van der Waals surface area contributed by atoms with Crippen molar-refractivity contribution in [1.82, 2.24) is 4.90 Å². The second-order valence-electron chi connectivity index (χ2n) is 7.08. The SMILES string of the molecule is COc1ccc(CN(C)C2CC(=O)N(c3ccc4ccccc4c3)C2=O)cc1. The van der Waals surface area contributed by atoms with Gasteiger partial charge < -0.3 is 4.74 Å². The van der Waals surface area contributed by atoms with Crippen LogP contribution in [0.4, 0.5) is 5.69 Å². The number of methoxy groups -OCH3 is 1. The summed E-state index contributed by atoms with van der Waals surface area (Å²) in [7, 11) is 3.51. The number of likely N-dealkylation sites (N-methyl/N-ethyl adjacent to an activating group) is 1. The number of imide groups is 1. The molecule has 2 amide bonds. The first-order valence-electron chi connectivity index (χ1n) is 9.25. The standard InChI is InChI=1S/C23H22N2O3/c1-24(15-16-7-11-20(28-2)12-8-16)21-14-22(26)25(23(21)27)19-10-9-17-5-3-4-6-18(17)13-19/h3-13,21H,14-15H2,1-2H3. The smallest absolute Gasteiger partial charge is 0.251 e. The number of carbonyl (C=O) groups is 2. The normalized spacial score (nSPS) is 17.0. The van der Waals surface area contributed by atoms with E-state index in [1.807, 2.05) is 78.7 Å². The minimum Gasteiger partial charge on any atom is -0.497 e. The molecule has 1 unspecified atom stereocenters. The Balaban J connectivity index is 1.53. The third-order valence-electron chi connectivity index (χ3n) is 5.24. The summed E-state index contributed by atoms with van der Waals surface area (Å²) in [4.78, 5) is 28.9. The summed E-state index contributed by atoms with van der Waals surface area (Å²) >= 11 is 0. The molecule has 1 aliphatic rings. The van der Waals surface area contributed by atoms with E-state index in [4.69, 9.17) is 4.74 Å². The van der Waals surface area contributed by atoms with E-state index in [0.717, 1.165) is 22.1 Å². The van der Waals surface area contributed by atoms with Gasteiger partial charge in [0.15, 0.2) is 0 Å². The maximum atomic E-state index is 13.0. The van der Waals surface area contributed by atoms with Crippen molar-refractivity contribution in [2.24, 2.45) is 0 Å². The molecule has 1 heterocycles. The fourth-order valence-electron chi connectivity index (χ4n) is 3.68. The summed E-state index contributed by atoms with van der Waals surface area (Å²) in [5.74, 6) is 0.462. The highest BCUT2D eigenvalue weighted by Crippen LogP contribution is 2.29. The van der Waals surface area contributed by atoms with Crippen molar-refractivity contribution in [3.63, 3.8) is 0 Å². The van der Waals surface area contributed by atoms with Crippen LogP contribution in [0.5, 0.6) is 5.75 Å². The van der Waals surface area contributed by atoms with Gasteiger partial charge in [-0.2, -0.15) is 0 Å². The molecule has 5 nitrogen and oxygen atoms in total. The summed E-state index contributed by atoms with van der Waals surface area (Å²) in [5.41, 5.74) is 1.70. The summed E-state index contributed by atoms with van der Waals surface area (Å²) in [6, 6.07) is 20.9. The third kappa shape index (κ3) is 3.37. The lowest BCUT2D eigenvalue weighted by atomic mass is 10.1. The molecule has 0 aliphatic carbocycles. The van der Waals surface area contributed by atoms with Gasteiger partial charge in [0.25, 0.3) is 5.91 Å². The van der Waals surface area contributed by atoms with E-state index in [1.54, 1.807) is 7.11 Å². The molecule has 3 aromatic carbocycles. The molecule has 0 radical (unpaired) electrons. The molecule has 1 atom stereocenters. The molecule has 3 aromatic rings. The Morgan fingerprint density at radius 3 is 2.43 bits per heavy atom. The molecule has 0 saturated carbocycles. The van der Waals surface area contributed by atoms with E-state index < -0.39 is 6.04 Å². The summed E-state index contributed by atoms with van der Waals surface area (Å²) in [5, 5.41) is 2.09. The van der Waals surface area contributed by atoms with E-state index in [1.165, 1.54) is 4.90 Å². The van der Waals surface area contributed by atoms with E-state index >= 15 is 0 Å². The number of ether oxygens (including phenoxy) is 1. The molecule has 1 aliphatic heterocycles. The zero-order valence-corrected chi connectivity index (χ0v) is 16.0. The van der Waals surface area contributed by atoms with Crippen LogP contribution in [-0.4, -0.2) is 36.9 Å². The van der Waals surface area contributed by atoms with Gasteiger partial charge in [0.1, 0.15) is 5.75 Å². The number of benzene rings is 3. The topological polar surface area (TPSA) is 49.9 Å². The Hall–Kier alpha value is -3.18. The summed E-state index contributed by atoms with van der Waals surface area (Å²) < 4.78 is 5.18. The Bertz CT molecular complexity index is 1030. The lowest BCUT2D eigenvalue weighted by molar-refractivity contribution is -0.122. The first-order valence-corrected chi connectivity index (χ1v) is 9.25. The molecule has 0 bridgehead atoms. The zero-order chi connectivity index (χ0) is 19.7. The van der Waals surface area contributed by atoms with Crippen molar-refractivity contribution in [3.05, 3.63) is 72.3 Å². The molecule has 1 fully saturated rings. The highest BCUT2D eigenvalue weighted by atomic mass is 16.5. The van der Waals surface area contributed by atoms with Crippen LogP contribution in [0.2, 0.25) is 0 Å². The fraction of sp³-hybridized carbons (Fsp3) is 0.217. The number of carbonyl (C=O) groups excluding carboxylic acids is 2. The Morgan fingerprint density at radius 1 is 1.00 bits per heavy atom. The number of anilines is 1. The zero-order valence-electron chi connectivity index (χ0n) is 16.0. The van der Waals surface area contributed by atoms with Gasteiger partial charge in [-0.3, -0.25) is 14.5 Å². The van der Waals surface area contributed by atoms with Crippen molar-refractivity contribution < 1.29 is 14.3 Å². The Labute approximate surface area is 164 Å². The molecule has 0 spiro atoms. The largest absolute Gasteiger partial charge is 0.497 e. The Morgan fingerprint density at radius 2 is 1.71 bits per heavy atom. The van der Waals surface area contributed by atoms with Gasteiger partial charge in [0, 0.05) is 6.54 Å². The lowest BCUT2D eigenvalue weighted by Gasteiger charge is -2.23. The second kappa shape index (κ2) is 7.44. The monoisotopic (exact) mass is 374 g/mol. The average molecular weight is 374 g/mol. The first-order chi connectivity index (χ1) is 13.6. The maximum absolute atomic E-state index is 13.0. The number of fused-ring (bicyclic) bond motifs is 1. The predicted molar refractivity (Wildman–Crippen MR) is 109 cm³/mol.